The van der Waals surface area contributed by atoms with Crippen LogP contribution in [0.5, 0.6) is 0 Å². The van der Waals surface area contributed by atoms with Crippen molar-refractivity contribution in [2.24, 2.45) is 7.05 Å². The van der Waals surface area contributed by atoms with Crippen LogP contribution in [0.1, 0.15) is 50.4 Å². The molecule has 5 heteroatoms. The van der Waals surface area contributed by atoms with E-state index in [1.54, 1.807) is 0 Å². The summed E-state index contributed by atoms with van der Waals surface area (Å²) in [6.45, 7) is 6.29. The van der Waals surface area contributed by atoms with E-state index in [9.17, 15) is 0 Å². The van der Waals surface area contributed by atoms with E-state index in [4.69, 9.17) is 4.74 Å². The summed E-state index contributed by atoms with van der Waals surface area (Å²) in [7, 11) is 2.03. The molecule has 0 radical (unpaired) electrons. The highest BCUT2D eigenvalue weighted by Crippen LogP contribution is 2.24. The zero-order valence-electron chi connectivity index (χ0n) is 13.5. The molecule has 2 heterocycles. The molecule has 1 fully saturated rings. The van der Waals surface area contributed by atoms with Crippen LogP contribution in [-0.2, 0) is 18.2 Å². The maximum absolute atomic E-state index is 5.76. The van der Waals surface area contributed by atoms with E-state index in [0.29, 0.717) is 12.1 Å². The molecule has 1 saturated heterocycles. The van der Waals surface area contributed by atoms with Gasteiger partial charge in [-0.05, 0) is 61.5 Å². The maximum atomic E-state index is 5.76. The molecule has 2 unspecified atom stereocenters. The number of aromatic nitrogens is 2. The highest BCUT2D eigenvalue weighted by atomic mass is 79.9. The van der Waals surface area contributed by atoms with Crippen molar-refractivity contribution in [3.63, 3.8) is 0 Å². The van der Waals surface area contributed by atoms with Crippen LogP contribution >= 0.6 is 15.9 Å². The Labute approximate surface area is 136 Å². The second kappa shape index (κ2) is 8.30. The van der Waals surface area contributed by atoms with Crippen LogP contribution in [0.25, 0.3) is 0 Å². The zero-order valence-corrected chi connectivity index (χ0v) is 15.1. The first-order chi connectivity index (χ1) is 10.1. The van der Waals surface area contributed by atoms with E-state index in [0.717, 1.165) is 36.2 Å². The van der Waals surface area contributed by atoms with Gasteiger partial charge in [-0.25, -0.2) is 0 Å². The lowest BCUT2D eigenvalue weighted by Gasteiger charge is -2.20. The Balaban J connectivity index is 1.94. The van der Waals surface area contributed by atoms with Crippen LogP contribution in [0.4, 0.5) is 0 Å². The van der Waals surface area contributed by atoms with Gasteiger partial charge in [0.05, 0.1) is 22.0 Å². The monoisotopic (exact) mass is 357 g/mol. The minimum Gasteiger partial charge on any atom is -0.378 e. The van der Waals surface area contributed by atoms with Gasteiger partial charge in [-0.3, -0.25) is 4.68 Å². The summed E-state index contributed by atoms with van der Waals surface area (Å²) in [6.07, 6.45) is 7.45. The average molecular weight is 358 g/mol. The molecule has 1 aromatic heterocycles. The first-order valence-corrected chi connectivity index (χ1v) is 8.94. The van der Waals surface area contributed by atoms with Crippen LogP contribution < -0.4 is 5.32 Å². The fourth-order valence-electron chi connectivity index (χ4n) is 3.02. The molecule has 4 nitrogen and oxygen atoms in total. The summed E-state index contributed by atoms with van der Waals surface area (Å²) in [5.41, 5.74) is 2.36. The SMILES string of the molecule is CCCNC(CCC1CCCO1)Cc1c(Br)c(C)nn1C. The van der Waals surface area contributed by atoms with Crippen molar-refractivity contribution in [3.05, 3.63) is 15.9 Å². The molecule has 0 saturated carbocycles. The number of aryl methyl sites for hydroxylation is 2. The molecule has 1 N–H and O–H groups in total. The summed E-state index contributed by atoms with van der Waals surface area (Å²) >= 11 is 3.68. The molecule has 120 valence electrons. The van der Waals surface area contributed by atoms with Crippen LogP contribution in [0.2, 0.25) is 0 Å². The third kappa shape index (κ3) is 4.80. The van der Waals surface area contributed by atoms with Crippen LogP contribution in [0.15, 0.2) is 4.47 Å². The lowest BCUT2D eigenvalue weighted by Crippen LogP contribution is -2.33. The second-order valence-corrected chi connectivity index (χ2v) is 6.83. The molecule has 1 aliphatic rings. The Bertz CT molecular complexity index is 441. The third-order valence-electron chi connectivity index (χ3n) is 4.25. The maximum Gasteiger partial charge on any atom is 0.0738 e. The fourth-order valence-corrected chi connectivity index (χ4v) is 3.52. The number of nitrogens with zero attached hydrogens (tertiary/aromatic N) is 2. The zero-order chi connectivity index (χ0) is 15.2. The first-order valence-electron chi connectivity index (χ1n) is 8.14. The van der Waals surface area contributed by atoms with E-state index in [-0.39, 0.29) is 0 Å². The largest absolute Gasteiger partial charge is 0.378 e. The number of ether oxygens (including phenoxy) is 1. The van der Waals surface area contributed by atoms with Gasteiger partial charge in [-0.2, -0.15) is 5.10 Å². The predicted octanol–water partition coefficient (Wildman–Crippen LogP) is 3.36. The predicted molar refractivity (Wildman–Crippen MR) is 89.6 cm³/mol. The molecule has 0 bridgehead atoms. The Kier molecular flexibility index (Phi) is 6.71. The molecule has 0 amide bonds. The first kappa shape index (κ1) is 17.0. The number of hydrogen-bond acceptors (Lipinski definition) is 3. The van der Waals surface area contributed by atoms with E-state index in [2.05, 4.69) is 40.2 Å². The van der Waals surface area contributed by atoms with Crippen molar-refractivity contribution in [1.29, 1.82) is 0 Å². The topological polar surface area (TPSA) is 39.1 Å². The van der Waals surface area contributed by atoms with Gasteiger partial charge < -0.3 is 10.1 Å². The summed E-state index contributed by atoms with van der Waals surface area (Å²) in [5, 5.41) is 8.19. The summed E-state index contributed by atoms with van der Waals surface area (Å²) in [4.78, 5) is 0. The van der Waals surface area contributed by atoms with Crippen molar-refractivity contribution >= 4 is 15.9 Å². The number of hydrogen-bond donors (Lipinski definition) is 1. The summed E-state index contributed by atoms with van der Waals surface area (Å²) < 4.78 is 8.92. The Morgan fingerprint density at radius 3 is 2.90 bits per heavy atom. The highest BCUT2D eigenvalue weighted by Gasteiger charge is 2.20. The molecular formula is C16H28BrN3O. The summed E-state index contributed by atoms with van der Waals surface area (Å²) in [6, 6.07) is 0.500. The average Bonchev–Trinajstić information content (AvgIpc) is 3.05. The Morgan fingerprint density at radius 1 is 1.52 bits per heavy atom. The van der Waals surface area contributed by atoms with Crippen LogP contribution in [0.3, 0.4) is 0 Å². The summed E-state index contributed by atoms with van der Waals surface area (Å²) in [5.74, 6) is 0. The van der Waals surface area contributed by atoms with Crippen molar-refractivity contribution in [1.82, 2.24) is 15.1 Å². The van der Waals surface area contributed by atoms with Gasteiger partial charge in [0.2, 0.25) is 0 Å². The van der Waals surface area contributed by atoms with Gasteiger partial charge in [-0.1, -0.05) is 6.92 Å². The fraction of sp³-hybridized carbons (Fsp3) is 0.812. The minimum atomic E-state index is 0.479. The quantitative estimate of drug-likeness (QED) is 0.775. The number of nitrogens with one attached hydrogen (secondary N) is 1. The van der Waals surface area contributed by atoms with Crippen LogP contribution in [0, 0.1) is 6.92 Å². The smallest absolute Gasteiger partial charge is 0.0738 e. The molecule has 1 aliphatic heterocycles. The van der Waals surface area contributed by atoms with E-state index in [1.165, 1.54) is 31.4 Å². The Hall–Kier alpha value is -0.390. The van der Waals surface area contributed by atoms with E-state index < -0.39 is 0 Å². The third-order valence-corrected chi connectivity index (χ3v) is 5.28. The lowest BCUT2D eigenvalue weighted by atomic mass is 10.0. The normalized spacial score (nSPS) is 20.1. The van der Waals surface area contributed by atoms with Gasteiger partial charge in [0, 0.05) is 26.1 Å². The van der Waals surface area contributed by atoms with Gasteiger partial charge in [0.15, 0.2) is 0 Å². The van der Waals surface area contributed by atoms with E-state index in [1.807, 2.05) is 11.7 Å². The molecule has 1 aromatic rings. The van der Waals surface area contributed by atoms with Crippen molar-refractivity contribution in [2.45, 2.75) is 64.5 Å². The second-order valence-electron chi connectivity index (χ2n) is 6.04. The molecule has 2 atom stereocenters. The molecule has 0 spiro atoms. The standard InChI is InChI=1S/C16H28BrN3O/c1-4-9-18-13(7-8-14-6-5-10-21-14)11-15-16(17)12(2)19-20(15)3/h13-14,18H,4-11H2,1-3H3. The van der Waals surface area contributed by atoms with Crippen LogP contribution in [-0.4, -0.2) is 35.1 Å². The van der Waals surface area contributed by atoms with Crippen molar-refractivity contribution in [3.8, 4) is 0 Å². The minimum absolute atomic E-state index is 0.479. The Morgan fingerprint density at radius 2 is 2.33 bits per heavy atom. The van der Waals surface area contributed by atoms with Gasteiger partial charge in [0.25, 0.3) is 0 Å². The molecule has 0 aromatic carbocycles. The molecule has 2 rings (SSSR count). The number of halogens is 1. The van der Waals surface area contributed by atoms with Gasteiger partial charge in [0.1, 0.15) is 0 Å². The molecular weight excluding hydrogens is 330 g/mol. The van der Waals surface area contributed by atoms with E-state index >= 15 is 0 Å². The number of rotatable bonds is 8. The molecule has 21 heavy (non-hydrogen) atoms. The van der Waals surface area contributed by atoms with Crippen molar-refractivity contribution in [2.75, 3.05) is 13.2 Å². The van der Waals surface area contributed by atoms with Gasteiger partial charge >= 0.3 is 0 Å². The lowest BCUT2D eigenvalue weighted by molar-refractivity contribution is 0.0995. The molecule has 0 aliphatic carbocycles. The van der Waals surface area contributed by atoms with Gasteiger partial charge in [-0.15, -0.1) is 0 Å². The highest BCUT2D eigenvalue weighted by molar-refractivity contribution is 9.10. The van der Waals surface area contributed by atoms with Crippen molar-refractivity contribution < 1.29 is 4.74 Å².